The van der Waals surface area contributed by atoms with Gasteiger partial charge >= 0.3 is 29.6 Å². The largest absolute Gasteiger partial charge is 0.463 e. The van der Waals surface area contributed by atoms with Crippen molar-refractivity contribution in [1.82, 2.24) is 9.55 Å². The number of unbranched alkanes of at least 4 members (excludes halogenated alkanes) is 5. The number of benzene rings is 3. The third-order valence-electron chi connectivity index (χ3n) is 8.93. The summed E-state index contributed by atoms with van der Waals surface area (Å²) in [6.07, 6.45) is 2.27. The summed E-state index contributed by atoms with van der Waals surface area (Å²) >= 11 is 0. The van der Waals surface area contributed by atoms with E-state index >= 15 is 0 Å². The first-order valence-corrected chi connectivity index (χ1v) is 18.3. The summed E-state index contributed by atoms with van der Waals surface area (Å²) in [6, 6.07) is 24.0. The van der Waals surface area contributed by atoms with Crippen LogP contribution in [0.1, 0.15) is 94.0 Å². The van der Waals surface area contributed by atoms with Gasteiger partial charge < -0.3 is 28.7 Å². The van der Waals surface area contributed by atoms with Gasteiger partial charge in [0.2, 0.25) is 0 Å². The summed E-state index contributed by atoms with van der Waals surface area (Å²) < 4.78 is 29.6. The molecule has 3 aromatic carbocycles. The molecule has 0 spiro atoms. The number of hydrogen-bond acceptors (Lipinski definition) is 11. The van der Waals surface area contributed by atoms with Gasteiger partial charge in [-0.15, -0.1) is 0 Å². The fourth-order valence-corrected chi connectivity index (χ4v) is 6.02. The summed E-state index contributed by atoms with van der Waals surface area (Å²) in [7, 11) is 0. The molecule has 0 bridgehead atoms. The van der Waals surface area contributed by atoms with E-state index in [1.54, 1.807) is 66.7 Å². The van der Waals surface area contributed by atoms with Crippen molar-refractivity contribution in [3.05, 3.63) is 146 Å². The third kappa shape index (κ3) is 10.8. The van der Waals surface area contributed by atoms with Crippen molar-refractivity contribution in [3.63, 3.8) is 0 Å². The molecule has 4 aromatic rings. The molecule has 1 saturated heterocycles. The number of H-pyrrole nitrogens is 1. The maximum Gasteiger partial charge on any atom is 0.338 e. The first kappa shape index (κ1) is 40.1. The van der Waals surface area contributed by atoms with Crippen LogP contribution < -0.4 is 11.2 Å². The lowest BCUT2D eigenvalue weighted by Gasteiger charge is -2.25. The number of carbonyl (C=O) groups is 4. The van der Waals surface area contributed by atoms with Gasteiger partial charge in [-0.25, -0.2) is 28.5 Å². The van der Waals surface area contributed by atoms with E-state index in [1.807, 2.05) is 0 Å². The second-order valence-electron chi connectivity index (χ2n) is 12.9. The maximum absolute atomic E-state index is 14.1. The zero-order valence-electron chi connectivity index (χ0n) is 30.7. The van der Waals surface area contributed by atoms with Crippen LogP contribution in [0, 0.1) is 6.92 Å². The predicted octanol–water partition coefficient (Wildman–Crippen LogP) is 5.97. The quantitative estimate of drug-likeness (QED) is 0.0584. The van der Waals surface area contributed by atoms with Gasteiger partial charge in [-0.3, -0.25) is 4.79 Å². The molecule has 4 unspecified atom stereocenters. The van der Waals surface area contributed by atoms with Crippen molar-refractivity contribution < 1.29 is 42.9 Å². The number of carbonyl (C=O) groups excluding carboxylic acids is 4. The van der Waals surface area contributed by atoms with Crippen LogP contribution in [0.5, 0.6) is 0 Å². The van der Waals surface area contributed by atoms with E-state index in [0.29, 0.717) is 11.0 Å². The minimum absolute atomic E-state index is 0.0790. The molecule has 288 valence electrons. The van der Waals surface area contributed by atoms with Crippen molar-refractivity contribution in [1.29, 1.82) is 0 Å². The molecule has 4 atom stereocenters. The highest BCUT2D eigenvalue weighted by atomic mass is 16.7. The van der Waals surface area contributed by atoms with Crippen molar-refractivity contribution in [2.75, 3.05) is 13.2 Å². The van der Waals surface area contributed by atoms with Crippen LogP contribution in [0.3, 0.4) is 0 Å². The lowest BCUT2D eigenvalue weighted by molar-refractivity contribution is -0.137. The number of nitrogens with zero attached hydrogens (tertiary/aromatic N) is 1. The van der Waals surface area contributed by atoms with Crippen molar-refractivity contribution in [3.8, 4) is 0 Å². The number of esters is 4. The topological polar surface area (TPSA) is 169 Å². The Morgan fingerprint density at radius 2 is 1.24 bits per heavy atom. The van der Waals surface area contributed by atoms with E-state index in [2.05, 4.69) is 11.9 Å². The summed E-state index contributed by atoms with van der Waals surface area (Å²) in [4.78, 5) is 82.9. The van der Waals surface area contributed by atoms with Crippen LogP contribution in [0.15, 0.2) is 107 Å². The van der Waals surface area contributed by atoms with Crippen LogP contribution in [-0.2, 0) is 28.5 Å². The molecular weight excluding hydrogens is 708 g/mol. The van der Waals surface area contributed by atoms with Gasteiger partial charge in [0, 0.05) is 11.8 Å². The highest BCUT2D eigenvalue weighted by Gasteiger charge is 2.52. The van der Waals surface area contributed by atoms with Crippen molar-refractivity contribution >= 4 is 30.0 Å². The summed E-state index contributed by atoms with van der Waals surface area (Å²) in [5.74, 6) is -3.10. The Hall–Kier alpha value is -6.08. The molecule has 2 heterocycles. The SMILES string of the molecule is CCCCCCCCOC(=O)/C=C/c1c(C)[nH]c(=O)n(C2OC(COC(=O)c3ccccc3)C(OC(=O)c3ccccc3)C2OC(=O)c2ccccc2)c1=O. The highest BCUT2D eigenvalue weighted by molar-refractivity contribution is 5.91. The average molecular weight is 753 g/mol. The molecule has 0 aliphatic carbocycles. The number of aromatic amines is 1. The first-order chi connectivity index (χ1) is 26.7. The summed E-state index contributed by atoms with van der Waals surface area (Å²) in [5.41, 5.74) is -1.27. The maximum atomic E-state index is 14.1. The number of aryl methyl sites for hydroxylation is 1. The van der Waals surface area contributed by atoms with Crippen LogP contribution in [0.25, 0.3) is 6.08 Å². The molecule has 55 heavy (non-hydrogen) atoms. The van der Waals surface area contributed by atoms with Crippen LogP contribution in [0.2, 0.25) is 0 Å². The van der Waals surface area contributed by atoms with Gasteiger partial charge in [0.05, 0.1) is 28.9 Å². The fourth-order valence-electron chi connectivity index (χ4n) is 6.02. The van der Waals surface area contributed by atoms with Gasteiger partial charge in [-0.1, -0.05) is 93.6 Å². The predicted molar refractivity (Wildman–Crippen MR) is 201 cm³/mol. The van der Waals surface area contributed by atoms with Crippen molar-refractivity contribution in [2.24, 2.45) is 0 Å². The normalized spacial score (nSPS) is 17.8. The molecular formula is C42H44N2O11. The van der Waals surface area contributed by atoms with Gasteiger partial charge in [-0.05, 0) is 55.8 Å². The molecule has 0 amide bonds. The van der Waals surface area contributed by atoms with Crippen LogP contribution in [0.4, 0.5) is 0 Å². The first-order valence-electron chi connectivity index (χ1n) is 18.3. The standard InChI is InChI=1S/C42H44N2O11/c1-3-4-5-6-7-17-26-51-34(45)25-24-32-28(2)43-42(50)44(37(32)46)38-36(55-41(49)31-22-15-10-16-23-31)35(54-40(48)30-20-13-9-14-21-30)33(53-38)27-52-39(47)29-18-11-8-12-19-29/h8-16,18-25,33,35-36,38H,3-7,17,26-27H2,1-2H3,(H,43,50)/b25-24+. The second kappa shape index (κ2) is 19.8. The molecule has 1 aliphatic rings. The van der Waals surface area contributed by atoms with E-state index < -0.39 is 66.3 Å². The van der Waals surface area contributed by atoms with Gasteiger partial charge in [-0.2, -0.15) is 0 Å². The van der Waals surface area contributed by atoms with Crippen LogP contribution in [-0.4, -0.2) is 65.0 Å². The monoisotopic (exact) mass is 752 g/mol. The van der Waals surface area contributed by atoms with Gasteiger partial charge in [0.1, 0.15) is 12.7 Å². The lowest BCUT2D eigenvalue weighted by atomic mass is 10.1. The van der Waals surface area contributed by atoms with Gasteiger partial charge in [0.15, 0.2) is 18.4 Å². The zero-order valence-corrected chi connectivity index (χ0v) is 30.7. The Labute approximate surface area is 317 Å². The molecule has 1 fully saturated rings. The molecule has 13 nitrogen and oxygen atoms in total. The average Bonchev–Trinajstić information content (AvgIpc) is 3.52. The Balaban J connectivity index is 1.48. The number of nitrogens with one attached hydrogen (secondary N) is 1. The Morgan fingerprint density at radius 1 is 0.709 bits per heavy atom. The van der Waals surface area contributed by atoms with E-state index in [-0.39, 0.29) is 34.6 Å². The van der Waals surface area contributed by atoms with Gasteiger partial charge in [0.25, 0.3) is 5.56 Å². The smallest absolute Gasteiger partial charge is 0.338 e. The third-order valence-corrected chi connectivity index (χ3v) is 8.93. The fraction of sp³-hybridized carbons (Fsp3) is 0.333. The molecule has 1 N–H and O–H groups in total. The molecule has 0 saturated carbocycles. The molecule has 5 rings (SSSR count). The van der Waals surface area contributed by atoms with E-state index in [9.17, 15) is 28.8 Å². The second-order valence-corrected chi connectivity index (χ2v) is 12.9. The zero-order chi connectivity index (χ0) is 39.2. The number of rotatable bonds is 17. The van der Waals surface area contributed by atoms with E-state index in [0.717, 1.165) is 38.2 Å². The van der Waals surface area contributed by atoms with Crippen LogP contribution >= 0.6 is 0 Å². The Bertz CT molecular complexity index is 2060. The summed E-state index contributed by atoms with van der Waals surface area (Å²) in [5, 5.41) is 0. The number of aromatic nitrogens is 2. The molecule has 1 aromatic heterocycles. The van der Waals surface area contributed by atoms with E-state index in [4.69, 9.17) is 23.7 Å². The molecule has 13 heteroatoms. The minimum Gasteiger partial charge on any atom is -0.463 e. The van der Waals surface area contributed by atoms with E-state index in [1.165, 1.54) is 37.3 Å². The lowest BCUT2D eigenvalue weighted by Crippen LogP contribution is -2.46. The van der Waals surface area contributed by atoms with Crippen molar-refractivity contribution in [2.45, 2.75) is 76.9 Å². The summed E-state index contributed by atoms with van der Waals surface area (Å²) in [6.45, 7) is 3.31. The highest BCUT2D eigenvalue weighted by Crippen LogP contribution is 2.34. The number of ether oxygens (including phenoxy) is 5. The molecule has 1 aliphatic heterocycles. The minimum atomic E-state index is -1.69. The Kier molecular flexibility index (Phi) is 14.5. The molecule has 0 radical (unpaired) electrons. The Morgan fingerprint density at radius 3 is 1.82 bits per heavy atom. The number of hydrogen-bond donors (Lipinski definition) is 1.